The van der Waals surface area contributed by atoms with Gasteiger partial charge in [0.2, 0.25) is 0 Å². The molecule has 5 nitrogen and oxygen atoms in total. The van der Waals surface area contributed by atoms with Gasteiger partial charge < -0.3 is 25.2 Å². The Balaban J connectivity index is 2.71. The zero-order valence-electron chi connectivity index (χ0n) is 6.14. The van der Waals surface area contributed by atoms with Gasteiger partial charge in [0.05, 0.1) is 6.61 Å². The average Bonchev–Trinajstić information content (AvgIpc) is 2.14. The van der Waals surface area contributed by atoms with Crippen LogP contribution in [0.4, 0.5) is 0 Å². The van der Waals surface area contributed by atoms with Crippen molar-refractivity contribution in [3.63, 3.8) is 0 Å². The lowest BCUT2D eigenvalue weighted by molar-refractivity contribution is -0.169. The fourth-order valence-corrected chi connectivity index (χ4v) is 1.04. The van der Waals surface area contributed by atoms with Gasteiger partial charge in [0.25, 0.3) is 0 Å². The molecule has 0 aliphatic carbocycles. The Labute approximate surface area is 63.8 Å². The Morgan fingerprint density at radius 2 is 2.00 bits per heavy atom. The van der Waals surface area contributed by atoms with E-state index in [4.69, 9.17) is 10.2 Å². The molecule has 0 aromatic carbocycles. The molecule has 0 aromatic rings. The Morgan fingerprint density at radius 1 is 1.45 bits per heavy atom. The van der Waals surface area contributed by atoms with Crippen molar-refractivity contribution in [2.24, 2.45) is 0 Å². The molecule has 66 valence electrons. The zero-order chi connectivity index (χ0) is 8.65. The number of ether oxygens (including phenoxy) is 1. The molecular formula is C6H12O5. The predicted octanol–water partition coefficient (Wildman–Crippen LogP) is -2.19. The van der Waals surface area contributed by atoms with Gasteiger partial charge in [0.15, 0.2) is 6.29 Å². The summed E-state index contributed by atoms with van der Waals surface area (Å²) in [5.74, 6) is 0. The van der Waals surface area contributed by atoms with Gasteiger partial charge in [-0.3, -0.25) is 0 Å². The lowest BCUT2D eigenvalue weighted by Crippen LogP contribution is -2.45. The molecule has 1 rings (SSSR count). The summed E-state index contributed by atoms with van der Waals surface area (Å²) >= 11 is 0. The van der Waals surface area contributed by atoms with Gasteiger partial charge in [-0.15, -0.1) is 0 Å². The van der Waals surface area contributed by atoms with Gasteiger partial charge in [-0.1, -0.05) is 0 Å². The van der Waals surface area contributed by atoms with E-state index in [-0.39, 0.29) is 0 Å². The van der Waals surface area contributed by atoms with E-state index in [1.54, 1.807) is 0 Å². The van der Waals surface area contributed by atoms with E-state index in [2.05, 4.69) is 4.74 Å². The Bertz CT molecular complexity index is 146. The van der Waals surface area contributed by atoms with E-state index < -0.39 is 30.7 Å². The van der Waals surface area contributed by atoms with E-state index in [9.17, 15) is 10.2 Å². The maximum atomic E-state index is 9.30. The van der Waals surface area contributed by atoms with Crippen molar-refractivity contribution in [3.8, 4) is 0 Å². The van der Waals surface area contributed by atoms with Crippen molar-refractivity contribution < 1.29 is 25.2 Å². The van der Waals surface area contributed by atoms with Crippen molar-refractivity contribution in [2.75, 3.05) is 6.61 Å². The number of hydrogen-bond acceptors (Lipinski definition) is 5. The third-order valence-electron chi connectivity index (χ3n) is 1.93. The fourth-order valence-electron chi connectivity index (χ4n) is 1.04. The van der Waals surface area contributed by atoms with E-state index in [0.29, 0.717) is 0 Å². The topological polar surface area (TPSA) is 90.2 Å². The summed E-state index contributed by atoms with van der Waals surface area (Å²) in [6, 6.07) is 0. The van der Waals surface area contributed by atoms with Gasteiger partial charge in [-0.05, 0) is 6.92 Å². The van der Waals surface area contributed by atoms with Crippen LogP contribution >= 0.6 is 0 Å². The summed E-state index contributed by atoms with van der Waals surface area (Å²) in [7, 11) is 0. The maximum Gasteiger partial charge on any atom is 0.186 e. The van der Waals surface area contributed by atoms with Crippen molar-refractivity contribution in [2.45, 2.75) is 31.0 Å². The molecule has 4 atom stereocenters. The standard InChI is InChI=1S/C6H12O5/c1-6(10)4(8)3(2-7)11-5(6)9/h3-5,7-10H,2H2,1H3/t3-,4-,5+,6-/m1/s1. The smallest absolute Gasteiger partial charge is 0.186 e. The van der Waals surface area contributed by atoms with Crippen molar-refractivity contribution in [1.82, 2.24) is 0 Å². The highest BCUT2D eigenvalue weighted by atomic mass is 16.7. The van der Waals surface area contributed by atoms with E-state index in [1.165, 1.54) is 6.92 Å². The van der Waals surface area contributed by atoms with Crippen molar-refractivity contribution >= 4 is 0 Å². The number of aliphatic hydroxyl groups is 4. The summed E-state index contributed by atoms with van der Waals surface area (Å²) in [4.78, 5) is 0. The third kappa shape index (κ3) is 1.25. The highest BCUT2D eigenvalue weighted by Crippen LogP contribution is 2.28. The molecule has 5 heteroatoms. The molecule has 0 aromatic heterocycles. The summed E-state index contributed by atoms with van der Waals surface area (Å²) in [6.45, 7) is 0.826. The van der Waals surface area contributed by atoms with Crippen LogP contribution in [0.3, 0.4) is 0 Å². The zero-order valence-corrected chi connectivity index (χ0v) is 6.14. The van der Waals surface area contributed by atoms with Crippen LogP contribution in [0.5, 0.6) is 0 Å². The van der Waals surface area contributed by atoms with Crippen LogP contribution < -0.4 is 0 Å². The molecule has 0 spiro atoms. The number of rotatable bonds is 1. The number of hydrogen-bond donors (Lipinski definition) is 4. The second kappa shape index (κ2) is 2.69. The first-order valence-corrected chi connectivity index (χ1v) is 3.35. The second-order valence-electron chi connectivity index (χ2n) is 2.88. The minimum atomic E-state index is -1.69. The van der Waals surface area contributed by atoms with Crippen LogP contribution in [0.2, 0.25) is 0 Å². The summed E-state index contributed by atoms with van der Waals surface area (Å²) < 4.78 is 4.64. The van der Waals surface area contributed by atoms with Crippen LogP contribution in [0.15, 0.2) is 0 Å². The highest BCUT2D eigenvalue weighted by Gasteiger charge is 2.51. The molecule has 0 saturated carbocycles. The normalized spacial score (nSPS) is 51.5. The summed E-state index contributed by atoms with van der Waals surface area (Å²) in [6.07, 6.45) is -3.59. The first-order valence-electron chi connectivity index (χ1n) is 3.35. The van der Waals surface area contributed by atoms with E-state index in [0.717, 1.165) is 0 Å². The minimum absolute atomic E-state index is 0.422. The fraction of sp³-hybridized carbons (Fsp3) is 1.00. The Hall–Kier alpha value is -0.200. The van der Waals surface area contributed by atoms with Crippen LogP contribution in [0.1, 0.15) is 6.92 Å². The Kier molecular flexibility index (Phi) is 2.17. The van der Waals surface area contributed by atoms with Crippen LogP contribution in [-0.2, 0) is 4.74 Å². The molecule has 11 heavy (non-hydrogen) atoms. The van der Waals surface area contributed by atoms with Gasteiger partial charge in [-0.25, -0.2) is 0 Å². The third-order valence-corrected chi connectivity index (χ3v) is 1.93. The average molecular weight is 164 g/mol. The molecule has 0 radical (unpaired) electrons. The monoisotopic (exact) mass is 164 g/mol. The van der Waals surface area contributed by atoms with Crippen LogP contribution in [0.25, 0.3) is 0 Å². The molecule has 0 amide bonds. The van der Waals surface area contributed by atoms with Gasteiger partial charge in [0, 0.05) is 0 Å². The molecule has 1 heterocycles. The first-order chi connectivity index (χ1) is 5.00. The lowest BCUT2D eigenvalue weighted by Gasteiger charge is -2.22. The number of aliphatic hydroxyl groups excluding tert-OH is 3. The lowest BCUT2D eigenvalue weighted by atomic mass is 9.98. The van der Waals surface area contributed by atoms with E-state index >= 15 is 0 Å². The van der Waals surface area contributed by atoms with Crippen LogP contribution in [0, 0.1) is 0 Å². The molecule has 0 unspecified atom stereocenters. The van der Waals surface area contributed by atoms with Crippen LogP contribution in [-0.4, -0.2) is 51.1 Å². The molecule has 1 aliphatic rings. The van der Waals surface area contributed by atoms with Crippen molar-refractivity contribution in [3.05, 3.63) is 0 Å². The molecule has 0 bridgehead atoms. The largest absolute Gasteiger partial charge is 0.394 e. The second-order valence-corrected chi connectivity index (χ2v) is 2.88. The van der Waals surface area contributed by atoms with E-state index in [1.807, 2.05) is 0 Å². The molecular weight excluding hydrogens is 152 g/mol. The quantitative estimate of drug-likeness (QED) is 0.353. The predicted molar refractivity (Wildman–Crippen MR) is 34.6 cm³/mol. The summed E-state index contributed by atoms with van der Waals surface area (Å²) in [5, 5.41) is 36.1. The minimum Gasteiger partial charge on any atom is -0.394 e. The molecule has 1 aliphatic heterocycles. The molecule has 1 fully saturated rings. The van der Waals surface area contributed by atoms with Crippen molar-refractivity contribution in [1.29, 1.82) is 0 Å². The molecule has 1 saturated heterocycles. The molecule has 4 N–H and O–H groups in total. The van der Waals surface area contributed by atoms with Gasteiger partial charge in [-0.2, -0.15) is 0 Å². The van der Waals surface area contributed by atoms with Gasteiger partial charge >= 0.3 is 0 Å². The Morgan fingerprint density at radius 3 is 2.18 bits per heavy atom. The maximum absolute atomic E-state index is 9.30. The SMILES string of the molecule is C[C@@]1(O)[C@H](O)[C@@H](CO)O[C@@H]1O. The summed E-state index contributed by atoms with van der Waals surface area (Å²) in [5.41, 5.74) is -1.69. The van der Waals surface area contributed by atoms with Gasteiger partial charge in [0.1, 0.15) is 17.8 Å². The highest BCUT2D eigenvalue weighted by molar-refractivity contribution is 4.95. The first kappa shape index (κ1) is 8.89.